The van der Waals surface area contributed by atoms with E-state index in [1.165, 1.54) is 18.5 Å². The average Bonchev–Trinajstić information content (AvgIpc) is 2.74. The predicted octanol–water partition coefficient (Wildman–Crippen LogP) is 4.58. The summed E-state index contributed by atoms with van der Waals surface area (Å²) in [5.41, 5.74) is 2.35. The molecule has 0 spiro atoms. The summed E-state index contributed by atoms with van der Waals surface area (Å²) in [6, 6.07) is 15.7. The zero-order chi connectivity index (χ0) is 20.8. The molecular formula is C24H32N2O3. The molecule has 1 saturated heterocycles. The van der Waals surface area contributed by atoms with Gasteiger partial charge in [-0.3, -0.25) is 4.79 Å². The zero-order valence-corrected chi connectivity index (χ0v) is 17.9. The van der Waals surface area contributed by atoms with E-state index in [0.29, 0.717) is 5.75 Å². The highest BCUT2D eigenvalue weighted by molar-refractivity contribution is 5.81. The van der Waals surface area contributed by atoms with E-state index < -0.39 is 6.10 Å². The first kappa shape index (κ1) is 21.0. The van der Waals surface area contributed by atoms with Crippen LogP contribution in [0.25, 0.3) is 0 Å². The molecule has 0 bridgehead atoms. The Bertz CT molecular complexity index is 789. The van der Waals surface area contributed by atoms with Crippen molar-refractivity contribution in [3.63, 3.8) is 0 Å². The third-order valence-electron chi connectivity index (χ3n) is 5.52. The molecule has 0 radical (unpaired) electrons. The van der Waals surface area contributed by atoms with Crippen molar-refractivity contribution in [2.45, 2.75) is 45.8 Å². The average molecular weight is 397 g/mol. The maximum atomic E-state index is 12.5. The number of amides is 1. The number of carbonyl (C=O) groups is 1. The summed E-state index contributed by atoms with van der Waals surface area (Å²) in [5, 5.41) is 3.04. The highest BCUT2D eigenvalue weighted by atomic mass is 16.5. The molecule has 5 nitrogen and oxygen atoms in total. The molecule has 1 aliphatic rings. The second kappa shape index (κ2) is 9.68. The lowest BCUT2D eigenvalue weighted by Gasteiger charge is -2.33. The van der Waals surface area contributed by atoms with E-state index in [-0.39, 0.29) is 11.9 Å². The number of hydrogen-bond donors (Lipinski definition) is 1. The quantitative estimate of drug-likeness (QED) is 0.744. The molecule has 0 saturated carbocycles. The molecule has 1 amide bonds. The molecular weight excluding hydrogens is 364 g/mol. The Hall–Kier alpha value is -2.69. The minimum absolute atomic E-state index is 0.0845. The van der Waals surface area contributed by atoms with Crippen LogP contribution in [0.3, 0.4) is 0 Å². The van der Waals surface area contributed by atoms with Gasteiger partial charge in [0.25, 0.3) is 5.91 Å². The summed E-state index contributed by atoms with van der Waals surface area (Å²) in [4.78, 5) is 15.0. The van der Waals surface area contributed by atoms with Gasteiger partial charge < -0.3 is 19.7 Å². The number of anilines is 1. The molecule has 29 heavy (non-hydrogen) atoms. The standard InChI is InChI=1S/C24H32N2O3/c1-17-6-5-15-26(16-17)21-9-7-20(8-10-21)18(2)25-24(27)19(3)29-23-13-11-22(28-4)12-14-23/h7-14,17-19H,5-6,15-16H2,1-4H3,(H,25,27)/t17-,18-,19+/m1/s1. The van der Waals surface area contributed by atoms with Crippen LogP contribution < -0.4 is 19.7 Å². The first-order valence-electron chi connectivity index (χ1n) is 10.4. The highest BCUT2D eigenvalue weighted by Gasteiger charge is 2.19. The fourth-order valence-electron chi connectivity index (χ4n) is 3.72. The van der Waals surface area contributed by atoms with Gasteiger partial charge in [0.15, 0.2) is 6.10 Å². The van der Waals surface area contributed by atoms with Gasteiger partial charge in [-0.1, -0.05) is 19.1 Å². The molecule has 3 atom stereocenters. The number of piperidine rings is 1. The van der Waals surface area contributed by atoms with Crippen LogP contribution in [0.2, 0.25) is 0 Å². The molecule has 1 heterocycles. The third kappa shape index (κ3) is 5.66. The van der Waals surface area contributed by atoms with E-state index in [9.17, 15) is 4.79 Å². The van der Waals surface area contributed by atoms with Crippen molar-refractivity contribution < 1.29 is 14.3 Å². The van der Waals surface area contributed by atoms with Crippen LogP contribution >= 0.6 is 0 Å². The summed E-state index contributed by atoms with van der Waals surface area (Å²) in [6.07, 6.45) is 1.98. The molecule has 0 unspecified atom stereocenters. The minimum Gasteiger partial charge on any atom is -0.497 e. The normalized spacial score (nSPS) is 18.6. The lowest BCUT2D eigenvalue weighted by atomic mass is 9.99. The number of carbonyl (C=O) groups excluding carboxylic acids is 1. The highest BCUT2D eigenvalue weighted by Crippen LogP contribution is 2.25. The Labute approximate surface area is 174 Å². The van der Waals surface area contributed by atoms with Gasteiger partial charge >= 0.3 is 0 Å². The van der Waals surface area contributed by atoms with Crippen LogP contribution in [-0.4, -0.2) is 32.2 Å². The number of ether oxygens (including phenoxy) is 2. The van der Waals surface area contributed by atoms with E-state index >= 15 is 0 Å². The van der Waals surface area contributed by atoms with Gasteiger partial charge in [0.2, 0.25) is 0 Å². The van der Waals surface area contributed by atoms with E-state index in [2.05, 4.69) is 41.4 Å². The van der Waals surface area contributed by atoms with Crippen molar-refractivity contribution in [2.75, 3.05) is 25.1 Å². The van der Waals surface area contributed by atoms with E-state index in [1.54, 1.807) is 26.2 Å². The lowest BCUT2D eigenvalue weighted by Crippen LogP contribution is -2.37. The fraction of sp³-hybridized carbons (Fsp3) is 0.458. The summed E-state index contributed by atoms with van der Waals surface area (Å²) in [5.74, 6) is 2.00. The molecule has 156 valence electrons. The Morgan fingerprint density at radius 1 is 1.07 bits per heavy atom. The van der Waals surface area contributed by atoms with E-state index in [0.717, 1.165) is 30.3 Å². The summed E-state index contributed by atoms with van der Waals surface area (Å²) < 4.78 is 10.9. The Morgan fingerprint density at radius 2 is 1.72 bits per heavy atom. The van der Waals surface area contributed by atoms with Gasteiger partial charge in [-0.25, -0.2) is 0 Å². The van der Waals surface area contributed by atoms with Crippen molar-refractivity contribution in [2.24, 2.45) is 5.92 Å². The van der Waals surface area contributed by atoms with Crippen LogP contribution in [0.5, 0.6) is 11.5 Å². The largest absolute Gasteiger partial charge is 0.497 e. The molecule has 0 aliphatic carbocycles. The molecule has 3 rings (SSSR count). The molecule has 2 aromatic rings. The van der Waals surface area contributed by atoms with Gasteiger partial charge in [-0.15, -0.1) is 0 Å². The van der Waals surface area contributed by atoms with Crippen molar-refractivity contribution >= 4 is 11.6 Å². The number of hydrogen-bond acceptors (Lipinski definition) is 4. The second-order valence-electron chi connectivity index (χ2n) is 7.95. The van der Waals surface area contributed by atoms with E-state index in [4.69, 9.17) is 9.47 Å². The molecule has 2 aromatic carbocycles. The third-order valence-corrected chi connectivity index (χ3v) is 5.52. The minimum atomic E-state index is -0.583. The fourth-order valence-corrected chi connectivity index (χ4v) is 3.72. The number of methoxy groups -OCH3 is 1. The summed E-state index contributed by atoms with van der Waals surface area (Å²) in [6.45, 7) is 8.30. The summed E-state index contributed by atoms with van der Waals surface area (Å²) in [7, 11) is 1.62. The predicted molar refractivity (Wildman–Crippen MR) is 117 cm³/mol. The Kier molecular flexibility index (Phi) is 7.02. The maximum absolute atomic E-state index is 12.5. The molecule has 1 aliphatic heterocycles. The molecule has 1 fully saturated rings. The number of nitrogens with zero attached hydrogens (tertiary/aromatic N) is 1. The first-order valence-corrected chi connectivity index (χ1v) is 10.4. The van der Waals surface area contributed by atoms with Gasteiger partial charge in [-0.2, -0.15) is 0 Å². The van der Waals surface area contributed by atoms with Gasteiger partial charge in [-0.05, 0) is 74.6 Å². The monoisotopic (exact) mass is 396 g/mol. The van der Waals surface area contributed by atoms with Crippen LogP contribution in [0.4, 0.5) is 5.69 Å². The van der Waals surface area contributed by atoms with Gasteiger partial charge in [0.1, 0.15) is 11.5 Å². The van der Waals surface area contributed by atoms with Crippen LogP contribution in [0, 0.1) is 5.92 Å². The smallest absolute Gasteiger partial charge is 0.261 e. The van der Waals surface area contributed by atoms with Crippen LogP contribution in [0.15, 0.2) is 48.5 Å². The number of nitrogens with one attached hydrogen (secondary N) is 1. The van der Waals surface area contributed by atoms with Crippen LogP contribution in [0.1, 0.15) is 45.2 Å². The molecule has 5 heteroatoms. The topological polar surface area (TPSA) is 50.8 Å². The Morgan fingerprint density at radius 3 is 2.34 bits per heavy atom. The Balaban J connectivity index is 1.54. The zero-order valence-electron chi connectivity index (χ0n) is 17.9. The van der Waals surface area contributed by atoms with Gasteiger partial charge in [0, 0.05) is 18.8 Å². The maximum Gasteiger partial charge on any atom is 0.261 e. The molecule has 1 N–H and O–H groups in total. The van der Waals surface area contributed by atoms with Crippen molar-refractivity contribution in [3.05, 3.63) is 54.1 Å². The van der Waals surface area contributed by atoms with Crippen molar-refractivity contribution in [1.29, 1.82) is 0 Å². The van der Waals surface area contributed by atoms with Crippen LogP contribution in [-0.2, 0) is 4.79 Å². The van der Waals surface area contributed by atoms with Gasteiger partial charge in [0.05, 0.1) is 13.2 Å². The lowest BCUT2D eigenvalue weighted by molar-refractivity contribution is -0.127. The van der Waals surface area contributed by atoms with E-state index in [1.807, 2.05) is 19.1 Å². The van der Waals surface area contributed by atoms with Crippen molar-refractivity contribution in [1.82, 2.24) is 5.32 Å². The summed E-state index contributed by atoms with van der Waals surface area (Å²) >= 11 is 0. The number of benzene rings is 2. The van der Waals surface area contributed by atoms with Crippen molar-refractivity contribution in [3.8, 4) is 11.5 Å². The SMILES string of the molecule is COc1ccc(O[C@@H](C)C(=O)N[C@H](C)c2ccc(N3CCC[C@@H](C)C3)cc2)cc1. The second-order valence-corrected chi connectivity index (χ2v) is 7.95. The number of rotatable bonds is 7. The molecule has 0 aromatic heterocycles. The first-order chi connectivity index (χ1) is 14.0.